The van der Waals surface area contributed by atoms with Crippen LogP contribution in [0.2, 0.25) is 0 Å². The SMILES string of the molecule is C=C(C)NC.C=CCC.CC.Cc1cccc(-c2cc(C#N)ccc2F)c1. The molecule has 3 heteroatoms. The first-order valence-electron chi connectivity index (χ1n) is 9.10. The minimum absolute atomic E-state index is 0.301. The summed E-state index contributed by atoms with van der Waals surface area (Å²) in [6.45, 7) is 17.0. The van der Waals surface area contributed by atoms with Crippen LogP contribution in [0.25, 0.3) is 11.1 Å². The van der Waals surface area contributed by atoms with E-state index in [1.54, 1.807) is 6.07 Å². The van der Waals surface area contributed by atoms with Crippen LogP contribution in [0.4, 0.5) is 4.39 Å². The summed E-state index contributed by atoms with van der Waals surface area (Å²) in [4.78, 5) is 0. The zero-order valence-corrected chi connectivity index (χ0v) is 17.6. The van der Waals surface area contributed by atoms with Gasteiger partial charge in [-0.25, -0.2) is 4.39 Å². The van der Waals surface area contributed by atoms with Crippen molar-refractivity contribution in [2.45, 2.75) is 41.0 Å². The molecule has 0 saturated heterocycles. The molecule has 1 N–H and O–H groups in total. The first-order valence-corrected chi connectivity index (χ1v) is 9.10. The molecule has 2 rings (SSSR count). The highest BCUT2D eigenvalue weighted by Gasteiger charge is 2.06. The van der Waals surface area contributed by atoms with Crippen LogP contribution in [0, 0.1) is 24.1 Å². The van der Waals surface area contributed by atoms with E-state index in [0.717, 1.165) is 23.2 Å². The lowest BCUT2D eigenvalue weighted by Gasteiger charge is -2.04. The van der Waals surface area contributed by atoms with Crippen molar-refractivity contribution in [2.75, 3.05) is 7.05 Å². The molecule has 0 spiro atoms. The van der Waals surface area contributed by atoms with Crippen LogP contribution in [0.15, 0.2) is 67.4 Å². The Bertz CT molecular complexity index is 727. The van der Waals surface area contributed by atoms with Crippen molar-refractivity contribution in [1.29, 1.82) is 5.26 Å². The molecule has 0 bridgehead atoms. The quantitative estimate of drug-likeness (QED) is 0.591. The van der Waals surface area contributed by atoms with Gasteiger partial charge in [0.15, 0.2) is 0 Å². The summed E-state index contributed by atoms with van der Waals surface area (Å²) >= 11 is 0. The molecule has 0 amide bonds. The van der Waals surface area contributed by atoms with E-state index in [4.69, 9.17) is 5.26 Å². The highest BCUT2D eigenvalue weighted by Crippen LogP contribution is 2.24. The number of nitrogens with one attached hydrogen (secondary N) is 1. The number of hydrogen-bond donors (Lipinski definition) is 1. The molecular weight excluding hydrogens is 335 g/mol. The largest absolute Gasteiger partial charge is 0.392 e. The zero-order valence-electron chi connectivity index (χ0n) is 17.6. The predicted octanol–water partition coefficient (Wildman–Crippen LogP) is 7.02. The van der Waals surface area contributed by atoms with Gasteiger partial charge in [0.2, 0.25) is 0 Å². The zero-order chi connectivity index (χ0) is 21.2. The van der Waals surface area contributed by atoms with Crippen molar-refractivity contribution >= 4 is 0 Å². The van der Waals surface area contributed by atoms with Crippen molar-refractivity contribution in [2.24, 2.45) is 0 Å². The molecule has 2 nitrogen and oxygen atoms in total. The Morgan fingerprint density at radius 1 is 1.22 bits per heavy atom. The maximum atomic E-state index is 13.6. The van der Waals surface area contributed by atoms with Crippen molar-refractivity contribution in [1.82, 2.24) is 5.32 Å². The molecule has 2 aromatic rings. The van der Waals surface area contributed by atoms with Crippen LogP contribution < -0.4 is 5.32 Å². The predicted molar refractivity (Wildman–Crippen MR) is 117 cm³/mol. The van der Waals surface area contributed by atoms with E-state index in [9.17, 15) is 4.39 Å². The van der Waals surface area contributed by atoms with Gasteiger partial charge in [0.05, 0.1) is 11.6 Å². The summed E-state index contributed by atoms with van der Waals surface area (Å²) in [5, 5.41) is 11.6. The summed E-state index contributed by atoms with van der Waals surface area (Å²) in [7, 11) is 1.85. The summed E-state index contributed by atoms with van der Waals surface area (Å²) in [6.07, 6.45) is 2.96. The van der Waals surface area contributed by atoms with Gasteiger partial charge in [-0.15, -0.1) is 6.58 Å². The summed E-state index contributed by atoms with van der Waals surface area (Å²) < 4.78 is 13.6. The first-order chi connectivity index (χ1) is 12.9. The van der Waals surface area contributed by atoms with Crippen LogP contribution in [-0.4, -0.2) is 7.05 Å². The third kappa shape index (κ3) is 12.2. The van der Waals surface area contributed by atoms with Gasteiger partial charge >= 0.3 is 0 Å². The number of hydrogen-bond acceptors (Lipinski definition) is 2. The highest BCUT2D eigenvalue weighted by molar-refractivity contribution is 5.66. The molecule has 0 fully saturated rings. The highest BCUT2D eigenvalue weighted by atomic mass is 19.1. The lowest BCUT2D eigenvalue weighted by molar-refractivity contribution is 0.631. The summed E-state index contributed by atoms with van der Waals surface area (Å²) in [5.41, 5.74) is 3.82. The smallest absolute Gasteiger partial charge is 0.131 e. The second kappa shape index (κ2) is 16.6. The standard InChI is InChI=1S/C14H10FN.C4H9N.C4H8.C2H6/c1-10-3-2-4-12(7-10)13-8-11(9-16)5-6-14(13)15;1-4(2)5-3;1-3-4-2;1-2/h2-8H,1H3;5H,1H2,2-3H3;3H,1,4H2,2H3;1-2H3. The Kier molecular flexibility index (Phi) is 16.2. The number of nitrogens with zero attached hydrogens (tertiary/aromatic N) is 1. The van der Waals surface area contributed by atoms with Crippen LogP contribution in [-0.2, 0) is 0 Å². The van der Waals surface area contributed by atoms with Crippen molar-refractivity contribution in [3.8, 4) is 17.2 Å². The third-order valence-electron chi connectivity index (χ3n) is 3.14. The van der Waals surface area contributed by atoms with Gasteiger partial charge in [-0.05, 0) is 49.7 Å². The van der Waals surface area contributed by atoms with E-state index in [0.29, 0.717) is 11.1 Å². The Labute approximate surface area is 165 Å². The second-order valence-corrected chi connectivity index (χ2v) is 5.40. The molecule has 0 aliphatic rings. The average Bonchev–Trinajstić information content (AvgIpc) is 2.70. The van der Waals surface area contributed by atoms with E-state index in [1.165, 1.54) is 12.1 Å². The van der Waals surface area contributed by atoms with Gasteiger partial charge in [-0.3, -0.25) is 0 Å². The minimum atomic E-state index is -0.301. The lowest BCUT2D eigenvalue weighted by Crippen LogP contribution is -1.98. The molecule has 0 aliphatic heterocycles. The monoisotopic (exact) mass is 368 g/mol. The van der Waals surface area contributed by atoms with Gasteiger partial charge < -0.3 is 5.32 Å². The summed E-state index contributed by atoms with van der Waals surface area (Å²) in [6, 6.07) is 14.0. The molecule has 0 unspecified atom stereocenters. The Morgan fingerprint density at radius 2 is 1.78 bits per heavy atom. The molecule has 0 aliphatic carbocycles. The Hall–Kier alpha value is -2.86. The molecule has 146 valence electrons. The van der Waals surface area contributed by atoms with Gasteiger partial charge in [0, 0.05) is 12.6 Å². The molecule has 0 heterocycles. The van der Waals surface area contributed by atoms with Gasteiger partial charge in [0.25, 0.3) is 0 Å². The van der Waals surface area contributed by atoms with E-state index in [1.807, 2.05) is 71.2 Å². The van der Waals surface area contributed by atoms with E-state index >= 15 is 0 Å². The second-order valence-electron chi connectivity index (χ2n) is 5.40. The fraction of sp³-hybridized carbons (Fsp3) is 0.292. The lowest BCUT2D eigenvalue weighted by atomic mass is 10.0. The summed E-state index contributed by atoms with van der Waals surface area (Å²) in [5.74, 6) is -0.301. The molecule has 0 aromatic heterocycles. The third-order valence-corrected chi connectivity index (χ3v) is 3.14. The normalized spacial score (nSPS) is 8.22. The van der Waals surface area contributed by atoms with Crippen molar-refractivity contribution < 1.29 is 4.39 Å². The average molecular weight is 369 g/mol. The van der Waals surface area contributed by atoms with Gasteiger partial charge in [0.1, 0.15) is 5.82 Å². The molecule has 2 aromatic carbocycles. The number of halogens is 1. The maximum absolute atomic E-state index is 13.6. The van der Waals surface area contributed by atoms with E-state index in [-0.39, 0.29) is 5.82 Å². The van der Waals surface area contributed by atoms with Crippen molar-refractivity contribution in [3.63, 3.8) is 0 Å². The van der Waals surface area contributed by atoms with Crippen molar-refractivity contribution in [3.05, 3.63) is 84.3 Å². The van der Waals surface area contributed by atoms with Gasteiger partial charge in [-0.1, -0.05) is 63.3 Å². The first kappa shape index (κ1) is 26.4. The Balaban J connectivity index is 0. The van der Waals surface area contributed by atoms with Crippen LogP contribution in [0.1, 0.15) is 45.2 Å². The van der Waals surface area contributed by atoms with E-state index in [2.05, 4.69) is 25.4 Å². The molecule has 27 heavy (non-hydrogen) atoms. The molecule has 0 saturated carbocycles. The topological polar surface area (TPSA) is 35.8 Å². The minimum Gasteiger partial charge on any atom is -0.392 e. The molecule has 0 radical (unpaired) electrons. The Morgan fingerprint density at radius 3 is 2.19 bits per heavy atom. The number of allylic oxidation sites excluding steroid dienone is 2. The molecule has 0 atom stereocenters. The van der Waals surface area contributed by atoms with E-state index < -0.39 is 0 Å². The number of nitriles is 1. The molecular formula is C24H33FN2. The van der Waals surface area contributed by atoms with Crippen LogP contribution >= 0.6 is 0 Å². The number of rotatable bonds is 3. The maximum Gasteiger partial charge on any atom is 0.131 e. The number of aryl methyl sites for hydroxylation is 1. The fourth-order valence-electron chi connectivity index (χ4n) is 1.63. The van der Waals surface area contributed by atoms with Crippen LogP contribution in [0.5, 0.6) is 0 Å². The fourth-order valence-corrected chi connectivity index (χ4v) is 1.63. The van der Waals surface area contributed by atoms with Gasteiger partial charge in [-0.2, -0.15) is 5.26 Å². The van der Waals surface area contributed by atoms with Crippen LogP contribution in [0.3, 0.4) is 0 Å². The number of benzene rings is 2.